The first kappa shape index (κ1) is 21.2. The molecule has 0 radical (unpaired) electrons. The molecule has 0 aliphatic heterocycles. The number of esters is 1. The summed E-state index contributed by atoms with van der Waals surface area (Å²) in [6, 6.07) is 8.76. The van der Waals surface area contributed by atoms with Gasteiger partial charge in [0.2, 0.25) is 0 Å². The van der Waals surface area contributed by atoms with Gasteiger partial charge in [-0.25, -0.2) is 4.79 Å². The van der Waals surface area contributed by atoms with Gasteiger partial charge in [-0.1, -0.05) is 6.07 Å². The fourth-order valence-electron chi connectivity index (χ4n) is 2.28. The molecule has 0 saturated carbocycles. The van der Waals surface area contributed by atoms with Crippen molar-refractivity contribution in [1.29, 1.82) is 0 Å². The lowest BCUT2D eigenvalue weighted by molar-refractivity contribution is -0.147. The number of amides is 1. The lowest BCUT2D eigenvalue weighted by atomic mass is 10.3. The van der Waals surface area contributed by atoms with Gasteiger partial charge in [-0.2, -0.15) is 13.5 Å². The molecule has 1 N–H and O–H groups in total. The molecule has 9 nitrogen and oxygen atoms in total. The normalized spacial score (nSPS) is 10.8. The molecule has 30 heavy (non-hydrogen) atoms. The number of nitrogens with zero attached hydrogens (tertiary/aromatic N) is 2. The van der Waals surface area contributed by atoms with Crippen LogP contribution in [0.5, 0.6) is 5.75 Å². The quantitative estimate of drug-likeness (QED) is 0.510. The van der Waals surface area contributed by atoms with E-state index >= 15 is 0 Å². The van der Waals surface area contributed by atoms with E-state index < -0.39 is 30.9 Å². The number of aryl methyl sites for hydroxylation is 1. The van der Waals surface area contributed by atoms with Gasteiger partial charge < -0.3 is 19.2 Å². The Morgan fingerprint density at radius 1 is 1.23 bits per heavy atom. The van der Waals surface area contributed by atoms with Crippen molar-refractivity contribution in [1.82, 2.24) is 9.78 Å². The Bertz CT molecular complexity index is 1050. The molecule has 0 aliphatic carbocycles. The second-order valence-electron chi connectivity index (χ2n) is 5.74. The number of nitrogens with one attached hydrogen (secondary N) is 1. The summed E-state index contributed by atoms with van der Waals surface area (Å²) in [5.74, 6) is -1.93. The van der Waals surface area contributed by atoms with E-state index in [0.29, 0.717) is 10.6 Å². The Morgan fingerprint density at radius 2 is 2.00 bits per heavy atom. The Labute approximate surface area is 171 Å². The molecule has 0 aliphatic rings. The number of ether oxygens (including phenoxy) is 2. The number of hydrogen-bond acceptors (Lipinski definition) is 8. The van der Waals surface area contributed by atoms with E-state index in [2.05, 4.69) is 15.2 Å². The molecule has 0 atom stereocenters. The Morgan fingerprint density at radius 3 is 2.67 bits per heavy atom. The first-order valence-electron chi connectivity index (χ1n) is 8.53. The first-order valence-corrected chi connectivity index (χ1v) is 9.41. The lowest BCUT2D eigenvalue weighted by Gasteiger charge is -2.08. The molecule has 2 heterocycles. The summed E-state index contributed by atoms with van der Waals surface area (Å²) in [6.45, 7) is -3.57. The van der Waals surface area contributed by atoms with Gasteiger partial charge in [0.05, 0.1) is 17.8 Å². The van der Waals surface area contributed by atoms with E-state index in [4.69, 9.17) is 9.15 Å². The molecule has 1 amide bonds. The summed E-state index contributed by atoms with van der Waals surface area (Å²) in [7, 11) is 0. The maximum Gasteiger partial charge on any atom is 0.437 e. The zero-order chi connectivity index (χ0) is 21.5. The maximum atomic E-state index is 12.1. The number of anilines is 1. The number of rotatable bonds is 9. The van der Waals surface area contributed by atoms with Crippen molar-refractivity contribution in [2.24, 2.45) is 0 Å². The van der Waals surface area contributed by atoms with Crippen molar-refractivity contribution in [3.8, 4) is 16.5 Å². The third-order valence-corrected chi connectivity index (χ3v) is 4.45. The van der Waals surface area contributed by atoms with Gasteiger partial charge in [0.1, 0.15) is 5.75 Å². The van der Waals surface area contributed by atoms with Crippen molar-refractivity contribution in [3.63, 3.8) is 0 Å². The highest BCUT2D eigenvalue weighted by Gasteiger charge is 2.14. The summed E-state index contributed by atoms with van der Waals surface area (Å²) in [6.07, 6.45) is -0.191. The van der Waals surface area contributed by atoms with Crippen molar-refractivity contribution in [2.45, 2.75) is 19.6 Å². The van der Waals surface area contributed by atoms with Crippen LogP contribution in [-0.4, -0.2) is 34.9 Å². The van der Waals surface area contributed by atoms with E-state index in [1.807, 2.05) is 5.38 Å². The minimum absolute atomic E-state index is 0.0558. The molecular formula is C18H15F2N3O6S. The van der Waals surface area contributed by atoms with Gasteiger partial charge in [0, 0.05) is 5.69 Å². The molecule has 0 bridgehead atoms. The highest BCUT2D eigenvalue weighted by molar-refractivity contribution is 7.13. The second kappa shape index (κ2) is 9.78. The van der Waals surface area contributed by atoms with Crippen LogP contribution in [-0.2, 0) is 20.9 Å². The molecule has 12 heteroatoms. The summed E-state index contributed by atoms with van der Waals surface area (Å²) < 4.78 is 39.3. The van der Waals surface area contributed by atoms with Crippen molar-refractivity contribution < 1.29 is 32.3 Å². The Hall–Kier alpha value is -3.54. The van der Waals surface area contributed by atoms with Gasteiger partial charge >= 0.3 is 18.3 Å². The highest BCUT2D eigenvalue weighted by atomic mass is 32.1. The smallest absolute Gasteiger partial charge is 0.437 e. The number of halogens is 2. The summed E-state index contributed by atoms with van der Waals surface area (Å²) in [4.78, 5) is 36.1. The average molecular weight is 439 g/mol. The van der Waals surface area contributed by atoms with Gasteiger partial charge in [-0.15, -0.1) is 16.4 Å². The number of thiophene rings is 1. The topological polar surface area (TPSA) is 113 Å². The van der Waals surface area contributed by atoms with Crippen LogP contribution in [0.4, 0.5) is 14.5 Å². The molecule has 158 valence electrons. The average Bonchev–Trinajstić information content (AvgIpc) is 3.36. The van der Waals surface area contributed by atoms with E-state index in [9.17, 15) is 23.2 Å². The number of benzene rings is 1. The molecule has 0 saturated heterocycles. The SMILES string of the molecule is O=C(COC(=O)CCn1nc(-c2cccs2)oc1=O)Nc1ccc(OC(F)F)cc1. The molecule has 0 unspecified atom stereocenters. The van der Waals surface area contributed by atoms with E-state index in [1.54, 1.807) is 12.1 Å². The second-order valence-corrected chi connectivity index (χ2v) is 6.68. The number of hydrogen-bond donors (Lipinski definition) is 1. The minimum atomic E-state index is -2.94. The third-order valence-electron chi connectivity index (χ3n) is 3.59. The summed E-state index contributed by atoms with van der Waals surface area (Å²) >= 11 is 1.35. The standard InChI is InChI=1S/C18H15F2N3O6S/c19-17(20)28-12-5-3-11(4-6-12)21-14(24)10-27-15(25)7-8-23-18(26)29-16(22-23)13-2-1-9-30-13/h1-6,9,17H,7-8,10H2,(H,21,24). The van der Waals surface area contributed by atoms with Crippen LogP contribution in [0.25, 0.3) is 10.8 Å². The zero-order valence-electron chi connectivity index (χ0n) is 15.2. The Balaban J connectivity index is 1.42. The zero-order valence-corrected chi connectivity index (χ0v) is 16.1. The van der Waals surface area contributed by atoms with E-state index in [1.165, 1.54) is 35.6 Å². The van der Waals surface area contributed by atoms with Gasteiger partial charge in [-0.05, 0) is 35.7 Å². The van der Waals surface area contributed by atoms with Crippen LogP contribution < -0.4 is 15.8 Å². The molecule has 3 rings (SSSR count). The predicted octanol–water partition coefficient (Wildman–Crippen LogP) is 2.74. The van der Waals surface area contributed by atoms with Crippen LogP contribution >= 0.6 is 11.3 Å². The number of carbonyl (C=O) groups is 2. The fraction of sp³-hybridized carbons (Fsp3) is 0.222. The summed E-state index contributed by atoms with van der Waals surface area (Å²) in [5.41, 5.74) is 0.313. The number of aromatic nitrogens is 2. The maximum absolute atomic E-state index is 12.1. The van der Waals surface area contributed by atoms with Gasteiger partial charge in [-0.3, -0.25) is 9.59 Å². The predicted molar refractivity (Wildman–Crippen MR) is 101 cm³/mol. The van der Waals surface area contributed by atoms with Crippen LogP contribution in [0.2, 0.25) is 0 Å². The number of carbonyl (C=O) groups excluding carboxylic acids is 2. The minimum Gasteiger partial charge on any atom is -0.456 e. The number of alkyl halides is 2. The van der Waals surface area contributed by atoms with Crippen LogP contribution in [0.1, 0.15) is 6.42 Å². The van der Waals surface area contributed by atoms with Gasteiger partial charge in [0.25, 0.3) is 11.8 Å². The lowest BCUT2D eigenvalue weighted by Crippen LogP contribution is -2.23. The summed E-state index contributed by atoms with van der Waals surface area (Å²) in [5, 5.41) is 8.25. The van der Waals surface area contributed by atoms with Crippen molar-refractivity contribution >= 4 is 28.9 Å². The van der Waals surface area contributed by atoms with Crippen molar-refractivity contribution in [3.05, 3.63) is 52.3 Å². The van der Waals surface area contributed by atoms with Crippen LogP contribution in [0.15, 0.2) is 51.0 Å². The first-order chi connectivity index (χ1) is 14.4. The third kappa shape index (κ3) is 5.98. The van der Waals surface area contributed by atoms with E-state index in [0.717, 1.165) is 4.68 Å². The molecular weight excluding hydrogens is 424 g/mol. The molecule has 2 aromatic heterocycles. The molecule has 0 fully saturated rings. The fourth-order valence-corrected chi connectivity index (χ4v) is 2.92. The largest absolute Gasteiger partial charge is 0.456 e. The molecule has 1 aromatic carbocycles. The van der Waals surface area contributed by atoms with Gasteiger partial charge in [0.15, 0.2) is 6.61 Å². The highest BCUT2D eigenvalue weighted by Crippen LogP contribution is 2.21. The molecule has 3 aromatic rings. The van der Waals surface area contributed by atoms with Crippen LogP contribution in [0.3, 0.4) is 0 Å². The molecule has 0 spiro atoms. The van der Waals surface area contributed by atoms with Crippen molar-refractivity contribution in [2.75, 3.05) is 11.9 Å². The van der Waals surface area contributed by atoms with E-state index in [-0.39, 0.29) is 24.6 Å². The van der Waals surface area contributed by atoms with Crippen LogP contribution in [0, 0.1) is 0 Å². The monoisotopic (exact) mass is 439 g/mol. The Kier molecular flexibility index (Phi) is 6.91.